The fraction of sp³-hybridized carbons (Fsp3) is 0.882. The molecule has 0 spiro atoms. The van der Waals surface area contributed by atoms with E-state index in [2.05, 4.69) is 17.1 Å². The van der Waals surface area contributed by atoms with E-state index < -0.39 is 0 Å². The first-order chi connectivity index (χ1) is 10.7. The summed E-state index contributed by atoms with van der Waals surface area (Å²) in [5, 5.41) is 3.17. The third kappa shape index (κ3) is 3.62. The molecule has 3 fully saturated rings. The minimum absolute atomic E-state index is 0.0447. The quantitative estimate of drug-likeness (QED) is 0.850. The molecule has 2 saturated carbocycles. The van der Waals surface area contributed by atoms with E-state index in [1.54, 1.807) is 0 Å². The van der Waals surface area contributed by atoms with Gasteiger partial charge in [0.25, 0.3) is 0 Å². The first-order valence-corrected chi connectivity index (χ1v) is 9.00. The number of hydrogen-bond donors (Lipinski definition) is 1. The third-order valence-electron chi connectivity index (χ3n) is 5.53. The number of nitrogens with one attached hydrogen (secondary N) is 1. The van der Waals surface area contributed by atoms with E-state index in [0.29, 0.717) is 6.04 Å². The smallest absolute Gasteiger partial charge is 0.226 e. The normalized spacial score (nSPS) is 30.1. The van der Waals surface area contributed by atoms with E-state index in [1.165, 1.54) is 19.3 Å². The predicted octanol–water partition coefficient (Wildman–Crippen LogP) is 1.24. The molecule has 1 N–H and O–H groups in total. The van der Waals surface area contributed by atoms with Crippen LogP contribution < -0.4 is 5.32 Å². The van der Waals surface area contributed by atoms with Gasteiger partial charge >= 0.3 is 0 Å². The van der Waals surface area contributed by atoms with Gasteiger partial charge in [-0.05, 0) is 25.8 Å². The highest BCUT2D eigenvalue weighted by Crippen LogP contribution is 2.40. The molecular formula is C17H29N3O2. The molecule has 2 unspecified atom stereocenters. The fourth-order valence-corrected chi connectivity index (χ4v) is 3.83. The Morgan fingerprint density at radius 1 is 1.00 bits per heavy atom. The molecule has 2 amide bonds. The van der Waals surface area contributed by atoms with Crippen LogP contribution in [0.1, 0.15) is 45.4 Å². The average Bonchev–Trinajstić information content (AvgIpc) is 3.36. The standard InChI is InChI=1S/C17H29N3O2/c1-2-19-8-10-20(11-9-19)17(22)15-12-14(15)16(21)18-13-6-4-3-5-7-13/h13-15H,2-12H2,1H3,(H,18,21). The van der Waals surface area contributed by atoms with Gasteiger partial charge in [-0.25, -0.2) is 0 Å². The summed E-state index contributed by atoms with van der Waals surface area (Å²) in [7, 11) is 0. The summed E-state index contributed by atoms with van der Waals surface area (Å²) in [6, 6.07) is 0.353. The number of rotatable bonds is 4. The largest absolute Gasteiger partial charge is 0.353 e. The molecule has 5 heteroatoms. The van der Waals surface area contributed by atoms with E-state index >= 15 is 0 Å². The molecule has 3 aliphatic rings. The van der Waals surface area contributed by atoms with Gasteiger partial charge in [0.2, 0.25) is 11.8 Å². The van der Waals surface area contributed by atoms with Crippen LogP contribution in [0.2, 0.25) is 0 Å². The lowest BCUT2D eigenvalue weighted by Crippen LogP contribution is -2.49. The van der Waals surface area contributed by atoms with Gasteiger partial charge in [-0.15, -0.1) is 0 Å². The molecule has 2 atom stereocenters. The van der Waals surface area contributed by atoms with Crippen molar-refractivity contribution < 1.29 is 9.59 Å². The number of likely N-dealkylation sites (N-methyl/N-ethyl adjacent to an activating group) is 1. The van der Waals surface area contributed by atoms with Crippen molar-refractivity contribution in [1.82, 2.24) is 15.1 Å². The van der Waals surface area contributed by atoms with E-state index in [-0.39, 0.29) is 23.7 Å². The van der Waals surface area contributed by atoms with Crippen molar-refractivity contribution in [3.63, 3.8) is 0 Å². The maximum atomic E-state index is 12.5. The van der Waals surface area contributed by atoms with Crippen molar-refractivity contribution in [3.8, 4) is 0 Å². The van der Waals surface area contributed by atoms with Crippen LogP contribution in [0.25, 0.3) is 0 Å². The van der Waals surface area contributed by atoms with Crippen molar-refractivity contribution in [2.75, 3.05) is 32.7 Å². The van der Waals surface area contributed by atoms with Crippen molar-refractivity contribution in [1.29, 1.82) is 0 Å². The van der Waals surface area contributed by atoms with Crippen molar-refractivity contribution in [2.24, 2.45) is 11.8 Å². The molecule has 5 nitrogen and oxygen atoms in total. The maximum absolute atomic E-state index is 12.5. The van der Waals surface area contributed by atoms with Gasteiger partial charge in [0, 0.05) is 32.2 Å². The second-order valence-electron chi connectivity index (χ2n) is 7.05. The maximum Gasteiger partial charge on any atom is 0.226 e. The van der Waals surface area contributed by atoms with E-state index in [1.807, 2.05) is 4.90 Å². The Bertz CT molecular complexity index is 412. The van der Waals surface area contributed by atoms with Gasteiger partial charge in [0.1, 0.15) is 0 Å². The lowest BCUT2D eigenvalue weighted by Gasteiger charge is -2.34. The average molecular weight is 307 g/mol. The number of amides is 2. The Morgan fingerprint density at radius 3 is 2.32 bits per heavy atom. The molecule has 0 bridgehead atoms. The summed E-state index contributed by atoms with van der Waals surface area (Å²) in [6.07, 6.45) is 6.71. The highest BCUT2D eigenvalue weighted by Gasteiger charge is 2.49. The molecule has 1 heterocycles. The summed E-state index contributed by atoms with van der Waals surface area (Å²) in [6.45, 7) is 6.78. The van der Waals surface area contributed by atoms with Crippen molar-refractivity contribution >= 4 is 11.8 Å². The molecule has 0 radical (unpaired) electrons. The van der Waals surface area contributed by atoms with E-state index in [0.717, 1.165) is 52.0 Å². The Balaban J connectivity index is 1.43. The number of hydrogen-bond acceptors (Lipinski definition) is 3. The summed E-state index contributed by atoms with van der Waals surface area (Å²) >= 11 is 0. The van der Waals surface area contributed by atoms with E-state index in [4.69, 9.17) is 0 Å². The molecule has 0 aromatic rings. The first-order valence-electron chi connectivity index (χ1n) is 9.00. The van der Waals surface area contributed by atoms with E-state index in [9.17, 15) is 9.59 Å². The second kappa shape index (κ2) is 6.99. The molecular weight excluding hydrogens is 278 g/mol. The van der Waals surface area contributed by atoms with Crippen LogP contribution in [-0.4, -0.2) is 60.4 Å². The van der Waals surface area contributed by atoms with Gasteiger partial charge in [-0.2, -0.15) is 0 Å². The topological polar surface area (TPSA) is 52.7 Å². The number of carbonyl (C=O) groups is 2. The first kappa shape index (κ1) is 15.8. The van der Waals surface area contributed by atoms with Crippen LogP contribution in [0.15, 0.2) is 0 Å². The zero-order valence-electron chi connectivity index (χ0n) is 13.7. The molecule has 0 aromatic heterocycles. The van der Waals surface area contributed by atoms with Crippen LogP contribution in [0, 0.1) is 11.8 Å². The Kier molecular flexibility index (Phi) is 5.01. The second-order valence-corrected chi connectivity index (χ2v) is 7.05. The van der Waals surface area contributed by atoms with Crippen LogP contribution in [-0.2, 0) is 9.59 Å². The fourth-order valence-electron chi connectivity index (χ4n) is 3.83. The Morgan fingerprint density at radius 2 is 1.68 bits per heavy atom. The van der Waals surface area contributed by atoms with Crippen LogP contribution in [0.5, 0.6) is 0 Å². The molecule has 1 saturated heterocycles. The zero-order chi connectivity index (χ0) is 15.5. The molecule has 3 rings (SSSR count). The lowest BCUT2D eigenvalue weighted by atomic mass is 9.95. The molecule has 124 valence electrons. The predicted molar refractivity (Wildman–Crippen MR) is 85.3 cm³/mol. The number of nitrogens with zero attached hydrogens (tertiary/aromatic N) is 2. The third-order valence-corrected chi connectivity index (χ3v) is 5.53. The monoisotopic (exact) mass is 307 g/mol. The molecule has 2 aliphatic carbocycles. The lowest BCUT2D eigenvalue weighted by molar-refractivity contribution is -0.136. The highest BCUT2D eigenvalue weighted by molar-refractivity contribution is 5.92. The zero-order valence-corrected chi connectivity index (χ0v) is 13.7. The molecule has 22 heavy (non-hydrogen) atoms. The van der Waals surface area contributed by atoms with Crippen molar-refractivity contribution in [3.05, 3.63) is 0 Å². The van der Waals surface area contributed by atoms with Crippen LogP contribution >= 0.6 is 0 Å². The van der Waals surface area contributed by atoms with Crippen LogP contribution in [0.3, 0.4) is 0 Å². The summed E-state index contributed by atoms with van der Waals surface area (Å²) in [5.41, 5.74) is 0. The SMILES string of the molecule is CCN1CCN(C(=O)C2CC2C(=O)NC2CCCCC2)CC1. The van der Waals surface area contributed by atoms with Gasteiger partial charge < -0.3 is 15.1 Å². The minimum atomic E-state index is -0.0568. The Hall–Kier alpha value is -1.10. The molecule has 0 aromatic carbocycles. The van der Waals surface area contributed by atoms with Gasteiger partial charge in [0.05, 0.1) is 11.8 Å². The number of piperazine rings is 1. The van der Waals surface area contributed by atoms with Gasteiger partial charge in [0.15, 0.2) is 0 Å². The minimum Gasteiger partial charge on any atom is -0.353 e. The summed E-state index contributed by atoms with van der Waals surface area (Å²) in [5.74, 6) is 0.229. The number of carbonyl (C=O) groups excluding carboxylic acids is 2. The summed E-state index contributed by atoms with van der Waals surface area (Å²) < 4.78 is 0. The van der Waals surface area contributed by atoms with Crippen molar-refractivity contribution in [2.45, 2.75) is 51.5 Å². The Labute approximate surface area is 133 Å². The molecule has 1 aliphatic heterocycles. The van der Waals surface area contributed by atoms with Gasteiger partial charge in [-0.3, -0.25) is 9.59 Å². The van der Waals surface area contributed by atoms with Crippen LogP contribution in [0.4, 0.5) is 0 Å². The van der Waals surface area contributed by atoms with Gasteiger partial charge in [-0.1, -0.05) is 26.2 Å². The highest BCUT2D eigenvalue weighted by atomic mass is 16.2. The summed E-state index contributed by atoms with van der Waals surface area (Å²) in [4.78, 5) is 29.1.